The topological polar surface area (TPSA) is 47.7 Å². The van der Waals surface area contributed by atoms with Crippen LogP contribution < -0.4 is 5.73 Å². The summed E-state index contributed by atoms with van der Waals surface area (Å²) in [7, 11) is 3.89. The molecule has 0 unspecified atom stereocenters. The second-order valence-electron chi connectivity index (χ2n) is 2.86. The van der Waals surface area contributed by atoms with Crippen molar-refractivity contribution in [1.82, 2.24) is 4.90 Å². The van der Waals surface area contributed by atoms with Crippen LogP contribution in [0.2, 0.25) is 0 Å². The van der Waals surface area contributed by atoms with Gasteiger partial charge in [0.05, 0.1) is 19.8 Å². The van der Waals surface area contributed by atoms with E-state index in [2.05, 4.69) is 0 Å². The lowest BCUT2D eigenvalue weighted by atomic mass is 10.6. The highest BCUT2D eigenvalue weighted by atomic mass is 32.1. The molecule has 0 saturated heterocycles. The van der Waals surface area contributed by atoms with Crippen LogP contribution >= 0.6 is 12.2 Å². The zero-order chi connectivity index (χ0) is 10.1. The average molecular weight is 206 g/mol. The first kappa shape index (κ1) is 12.8. The third kappa shape index (κ3) is 9.69. The lowest BCUT2D eigenvalue weighted by molar-refractivity contribution is 0.101. The predicted octanol–water partition coefficient (Wildman–Crippen LogP) is -0.133. The van der Waals surface area contributed by atoms with Crippen LogP contribution in [0.5, 0.6) is 0 Å². The fraction of sp³-hybridized carbons (Fsp3) is 0.875. The molecule has 0 aromatic carbocycles. The Kier molecular flexibility index (Phi) is 8.22. The van der Waals surface area contributed by atoms with Gasteiger partial charge in [0.15, 0.2) is 5.05 Å². The molecule has 0 atom stereocenters. The standard InChI is InChI=1S/C8H18N2O2S/c1-10(2)7-8(13)12-6-5-11-4-3-9/h3-7,9H2,1-2H3. The summed E-state index contributed by atoms with van der Waals surface area (Å²) in [6.45, 7) is 2.84. The van der Waals surface area contributed by atoms with Gasteiger partial charge in [-0.3, -0.25) is 0 Å². The van der Waals surface area contributed by atoms with Gasteiger partial charge in [0, 0.05) is 6.54 Å². The Morgan fingerprint density at radius 2 is 2.00 bits per heavy atom. The molecule has 0 bridgehead atoms. The Labute approximate surface area is 85.0 Å². The molecule has 0 radical (unpaired) electrons. The Morgan fingerprint density at radius 3 is 2.54 bits per heavy atom. The van der Waals surface area contributed by atoms with Crippen LogP contribution in [0, 0.1) is 0 Å². The molecule has 0 saturated carbocycles. The van der Waals surface area contributed by atoms with Crippen molar-refractivity contribution >= 4 is 17.3 Å². The first-order valence-corrected chi connectivity index (χ1v) is 4.65. The van der Waals surface area contributed by atoms with Gasteiger partial charge in [-0.15, -0.1) is 0 Å². The summed E-state index contributed by atoms with van der Waals surface area (Å²) in [6.07, 6.45) is 0. The van der Waals surface area contributed by atoms with Gasteiger partial charge in [-0.05, 0) is 26.3 Å². The first-order valence-electron chi connectivity index (χ1n) is 4.25. The Balaban J connectivity index is 3.17. The maximum Gasteiger partial charge on any atom is 0.173 e. The van der Waals surface area contributed by atoms with Crippen LogP contribution in [0.25, 0.3) is 0 Å². The SMILES string of the molecule is CN(C)CC(=S)OCCOCCN. The predicted molar refractivity (Wildman–Crippen MR) is 57.0 cm³/mol. The minimum Gasteiger partial charge on any atom is -0.483 e. The van der Waals surface area contributed by atoms with Crippen LogP contribution in [0.15, 0.2) is 0 Å². The van der Waals surface area contributed by atoms with E-state index < -0.39 is 0 Å². The minimum atomic E-state index is 0.507. The normalized spacial score (nSPS) is 10.5. The van der Waals surface area contributed by atoms with E-state index in [0.717, 1.165) is 0 Å². The number of hydrogen-bond donors (Lipinski definition) is 1. The molecule has 0 fully saturated rings. The van der Waals surface area contributed by atoms with E-state index >= 15 is 0 Å². The Bertz CT molecular complexity index is 142. The lowest BCUT2D eigenvalue weighted by Gasteiger charge is -2.11. The molecule has 0 aromatic heterocycles. The van der Waals surface area contributed by atoms with Gasteiger partial charge in [-0.2, -0.15) is 0 Å². The third-order valence-electron chi connectivity index (χ3n) is 1.20. The van der Waals surface area contributed by atoms with Crippen molar-refractivity contribution in [2.24, 2.45) is 5.73 Å². The summed E-state index contributed by atoms with van der Waals surface area (Å²) in [5.41, 5.74) is 5.24. The maximum absolute atomic E-state index is 5.24. The summed E-state index contributed by atoms with van der Waals surface area (Å²) in [5.74, 6) is 0. The van der Waals surface area contributed by atoms with Crippen molar-refractivity contribution < 1.29 is 9.47 Å². The molecular weight excluding hydrogens is 188 g/mol. The Hall–Kier alpha value is -0.230. The molecule has 0 aromatic rings. The molecule has 0 amide bonds. The molecule has 0 aliphatic carbocycles. The van der Waals surface area contributed by atoms with Gasteiger partial charge in [0.1, 0.15) is 6.61 Å². The van der Waals surface area contributed by atoms with Gasteiger partial charge in [0.25, 0.3) is 0 Å². The highest BCUT2D eigenvalue weighted by Gasteiger charge is 1.98. The molecule has 2 N–H and O–H groups in total. The maximum atomic E-state index is 5.24. The molecule has 0 aliphatic rings. The molecule has 0 rings (SSSR count). The summed E-state index contributed by atoms with van der Waals surface area (Å²) in [4.78, 5) is 1.96. The van der Waals surface area contributed by atoms with Crippen LogP contribution in [0.3, 0.4) is 0 Å². The number of nitrogens with zero attached hydrogens (tertiary/aromatic N) is 1. The van der Waals surface area contributed by atoms with Gasteiger partial charge >= 0.3 is 0 Å². The molecule has 4 nitrogen and oxygen atoms in total. The van der Waals surface area contributed by atoms with Crippen LogP contribution in [-0.2, 0) is 9.47 Å². The van der Waals surface area contributed by atoms with Crippen molar-refractivity contribution in [1.29, 1.82) is 0 Å². The van der Waals surface area contributed by atoms with Gasteiger partial charge < -0.3 is 20.1 Å². The average Bonchev–Trinajstić information content (AvgIpc) is 2.02. The molecule has 5 heteroatoms. The van der Waals surface area contributed by atoms with Crippen LogP contribution in [0.1, 0.15) is 0 Å². The van der Waals surface area contributed by atoms with Crippen LogP contribution in [0.4, 0.5) is 0 Å². The summed E-state index contributed by atoms with van der Waals surface area (Å²) in [5, 5.41) is 0.598. The van der Waals surface area contributed by atoms with E-state index in [0.29, 0.717) is 38.0 Å². The van der Waals surface area contributed by atoms with Crippen molar-refractivity contribution in [2.45, 2.75) is 0 Å². The van der Waals surface area contributed by atoms with Gasteiger partial charge in [-0.25, -0.2) is 0 Å². The fourth-order valence-corrected chi connectivity index (χ4v) is 1.05. The third-order valence-corrected chi connectivity index (χ3v) is 1.45. The molecule has 78 valence electrons. The highest BCUT2D eigenvalue weighted by Crippen LogP contribution is 1.86. The fourth-order valence-electron chi connectivity index (χ4n) is 0.704. The van der Waals surface area contributed by atoms with E-state index in [4.69, 9.17) is 27.4 Å². The van der Waals surface area contributed by atoms with E-state index in [9.17, 15) is 0 Å². The molecule has 0 aliphatic heterocycles. The second kappa shape index (κ2) is 8.37. The minimum absolute atomic E-state index is 0.507. The van der Waals surface area contributed by atoms with Crippen molar-refractivity contribution in [3.05, 3.63) is 0 Å². The number of thiocarbonyl (C=S) groups is 1. The van der Waals surface area contributed by atoms with Crippen molar-refractivity contribution in [3.8, 4) is 0 Å². The largest absolute Gasteiger partial charge is 0.483 e. The van der Waals surface area contributed by atoms with E-state index in [-0.39, 0.29) is 0 Å². The highest BCUT2D eigenvalue weighted by molar-refractivity contribution is 7.80. The molecular formula is C8H18N2O2S. The Morgan fingerprint density at radius 1 is 1.31 bits per heavy atom. The summed E-state index contributed by atoms with van der Waals surface area (Å²) >= 11 is 4.96. The van der Waals surface area contributed by atoms with Gasteiger partial charge in [0.2, 0.25) is 0 Å². The lowest BCUT2D eigenvalue weighted by Crippen LogP contribution is -2.23. The number of rotatable bonds is 7. The zero-order valence-corrected chi connectivity index (χ0v) is 9.10. The summed E-state index contributed by atoms with van der Waals surface area (Å²) in [6, 6.07) is 0. The quantitative estimate of drug-likeness (QED) is 0.464. The van der Waals surface area contributed by atoms with Crippen molar-refractivity contribution in [2.75, 3.05) is 47.0 Å². The summed E-state index contributed by atoms with van der Waals surface area (Å²) < 4.78 is 10.3. The monoisotopic (exact) mass is 206 g/mol. The zero-order valence-electron chi connectivity index (χ0n) is 8.28. The van der Waals surface area contributed by atoms with E-state index in [1.54, 1.807) is 0 Å². The van der Waals surface area contributed by atoms with Crippen LogP contribution in [-0.4, -0.2) is 57.0 Å². The molecule has 0 spiro atoms. The smallest absolute Gasteiger partial charge is 0.173 e. The van der Waals surface area contributed by atoms with E-state index in [1.165, 1.54) is 0 Å². The van der Waals surface area contributed by atoms with Gasteiger partial charge in [-0.1, -0.05) is 0 Å². The van der Waals surface area contributed by atoms with Crippen molar-refractivity contribution in [3.63, 3.8) is 0 Å². The molecule has 13 heavy (non-hydrogen) atoms. The number of hydrogen-bond acceptors (Lipinski definition) is 5. The molecule has 0 heterocycles. The number of likely N-dealkylation sites (N-methyl/N-ethyl adjacent to an activating group) is 1. The second-order valence-corrected chi connectivity index (χ2v) is 3.31. The number of nitrogens with two attached hydrogens (primary N) is 1. The number of ether oxygens (including phenoxy) is 2. The first-order chi connectivity index (χ1) is 6.16. The van der Waals surface area contributed by atoms with E-state index in [1.807, 2.05) is 19.0 Å².